The zero-order chi connectivity index (χ0) is 13.8. The number of carbonyl (C=O) groups excluding carboxylic acids is 1. The Morgan fingerprint density at radius 1 is 1.15 bits per heavy atom. The summed E-state index contributed by atoms with van der Waals surface area (Å²) in [7, 11) is 0. The maximum absolute atomic E-state index is 12.1. The number of hydrogen-bond acceptors (Lipinski definition) is 4. The first-order valence-corrected chi connectivity index (χ1v) is 6.99. The molecule has 0 atom stereocenters. The van der Waals surface area contributed by atoms with E-state index in [1.54, 1.807) is 4.90 Å². The number of amides is 2. The van der Waals surface area contributed by atoms with Crippen LogP contribution in [0.1, 0.15) is 6.42 Å². The molecule has 0 unspecified atom stereocenters. The minimum absolute atomic E-state index is 0.0685. The summed E-state index contributed by atoms with van der Waals surface area (Å²) in [5, 5.41) is 6.13. The highest BCUT2D eigenvalue weighted by Crippen LogP contribution is 2.32. The highest BCUT2D eigenvalue weighted by molar-refractivity contribution is 5.89. The Morgan fingerprint density at radius 3 is 2.70 bits per heavy atom. The number of nitrogens with zero attached hydrogens (tertiary/aromatic N) is 1. The van der Waals surface area contributed by atoms with Crippen molar-refractivity contribution in [2.75, 3.05) is 44.7 Å². The normalized spacial score (nSPS) is 18.3. The largest absolute Gasteiger partial charge is 0.490 e. The van der Waals surface area contributed by atoms with E-state index in [4.69, 9.17) is 9.47 Å². The number of urea groups is 1. The molecule has 2 aliphatic heterocycles. The van der Waals surface area contributed by atoms with Crippen LogP contribution in [0.25, 0.3) is 0 Å². The lowest BCUT2D eigenvalue weighted by Gasteiger charge is -2.27. The predicted octanol–water partition coefficient (Wildman–Crippen LogP) is 1.28. The van der Waals surface area contributed by atoms with E-state index >= 15 is 0 Å². The van der Waals surface area contributed by atoms with E-state index in [1.807, 2.05) is 18.2 Å². The number of rotatable bonds is 1. The summed E-state index contributed by atoms with van der Waals surface area (Å²) in [5.74, 6) is 1.43. The molecule has 0 aliphatic carbocycles. The third kappa shape index (κ3) is 2.96. The van der Waals surface area contributed by atoms with Crippen molar-refractivity contribution >= 4 is 11.7 Å². The van der Waals surface area contributed by atoms with Gasteiger partial charge in [0.2, 0.25) is 0 Å². The zero-order valence-corrected chi connectivity index (χ0v) is 11.4. The van der Waals surface area contributed by atoms with Crippen molar-refractivity contribution < 1.29 is 14.3 Å². The van der Waals surface area contributed by atoms with Gasteiger partial charge in [-0.3, -0.25) is 0 Å². The molecular weight excluding hydrogens is 258 g/mol. The Hall–Kier alpha value is -1.95. The van der Waals surface area contributed by atoms with Crippen LogP contribution in [0, 0.1) is 0 Å². The van der Waals surface area contributed by atoms with Gasteiger partial charge >= 0.3 is 6.03 Å². The lowest BCUT2D eigenvalue weighted by atomic mass is 10.2. The summed E-state index contributed by atoms with van der Waals surface area (Å²) in [4.78, 5) is 13.9. The molecule has 0 bridgehead atoms. The summed E-state index contributed by atoms with van der Waals surface area (Å²) < 4.78 is 11.2. The number of fused-ring (bicyclic) bond motifs is 1. The van der Waals surface area contributed by atoms with Gasteiger partial charge in [-0.1, -0.05) is 0 Å². The molecule has 2 aliphatic rings. The number of hydrogen-bond donors (Lipinski definition) is 2. The number of carbonyl (C=O) groups is 1. The number of anilines is 1. The smallest absolute Gasteiger partial charge is 0.321 e. The van der Waals surface area contributed by atoms with Crippen LogP contribution in [0.2, 0.25) is 0 Å². The molecule has 0 radical (unpaired) electrons. The highest BCUT2D eigenvalue weighted by Gasteiger charge is 2.17. The SMILES string of the molecule is O=C(Nc1ccc2c(c1)OCCCO2)N1CCNCC1. The van der Waals surface area contributed by atoms with E-state index in [0.29, 0.717) is 19.0 Å². The molecule has 108 valence electrons. The number of benzene rings is 1. The topological polar surface area (TPSA) is 62.8 Å². The zero-order valence-electron chi connectivity index (χ0n) is 11.4. The van der Waals surface area contributed by atoms with Gasteiger partial charge in [-0.05, 0) is 12.1 Å². The molecule has 3 rings (SSSR count). The van der Waals surface area contributed by atoms with Gasteiger partial charge in [0.05, 0.1) is 13.2 Å². The average molecular weight is 277 g/mol. The maximum atomic E-state index is 12.1. The molecule has 6 nitrogen and oxygen atoms in total. The third-order valence-electron chi connectivity index (χ3n) is 3.40. The van der Waals surface area contributed by atoms with Gasteiger partial charge in [0.1, 0.15) is 0 Å². The van der Waals surface area contributed by atoms with E-state index in [2.05, 4.69) is 10.6 Å². The molecular formula is C14H19N3O3. The maximum Gasteiger partial charge on any atom is 0.321 e. The summed E-state index contributed by atoms with van der Waals surface area (Å²) in [5.41, 5.74) is 0.734. The van der Waals surface area contributed by atoms with Crippen LogP contribution >= 0.6 is 0 Å². The van der Waals surface area contributed by atoms with Crippen molar-refractivity contribution in [1.82, 2.24) is 10.2 Å². The van der Waals surface area contributed by atoms with Gasteiger partial charge in [0, 0.05) is 44.4 Å². The first-order chi connectivity index (χ1) is 9.83. The second-order valence-corrected chi connectivity index (χ2v) is 4.88. The molecule has 6 heteroatoms. The average Bonchev–Trinajstić information content (AvgIpc) is 2.73. The van der Waals surface area contributed by atoms with E-state index in [1.165, 1.54) is 0 Å². The molecule has 1 saturated heterocycles. The molecule has 1 fully saturated rings. The fourth-order valence-electron chi connectivity index (χ4n) is 2.31. The van der Waals surface area contributed by atoms with Crippen LogP contribution in [-0.2, 0) is 0 Å². The molecule has 1 aromatic rings. The van der Waals surface area contributed by atoms with Crippen LogP contribution in [-0.4, -0.2) is 50.3 Å². The summed E-state index contributed by atoms with van der Waals surface area (Å²) >= 11 is 0. The van der Waals surface area contributed by atoms with Crippen molar-refractivity contribution in [2.24, 2.45) is 0 Å². The summed E-state index contributed by atoms with van der Waals surface area (Å²) in [6.07, 6.45) is 0.872. The van der Waals surface area contributed by atoms with Crippen LogP contribution in [0.3, 0.4) is 0 Å². The van der Waals surface area contributed by atoms with Crippen LogP contribution in [0.5, 0.6) is 11.5 Å². The molecule has 2 heterocycles. The minimum Gasteiger partial charge on any atom is -0.490 e. The lowest BCUT2D eigenvalue weighted by molar-refractivity contribution is 0.204. The van der Waals surface area contributed by atoms with Crippen molar-refractivity contribution in [3.05, 3.63) is 18.2 Å². The Balaban J connectivity index is 1.68. The molecule has 1 aromatic carbocycles. The predicted molar refractivity (Wildman–Crippen MR) is 75.5 cm³/mol. The van der Waals surface area contributed by atoms with Crippen LogP contribution < -0.4 is 20.1 Å². The van der Waals surface area contributed by atoms with Gasteiger partial charge in [0.15, 0.2) is 11.5 Å². The Morgan fingerprint density at radius 2 is 1.90 bits per heavy atom. The summed E-state index contributed by atoms with van der Waals surface area (Å²) in [6, 6.07) is 5.43. The Labute approximate surface area is 118 Å². The Kier molecular flexibility index (Phi) is 3.92. The summed E-state index contributed by atoms with van der Waals surface area (Å²) in [6.45, 7) is 4.46. The number of piperazine rings is 1. The molecule has 20 heavy (non-hydrogen) atoms. The van der Waals surface area contributed by atoms with Gasteiger partial charge in [-0.25, -0.2) is 4.79 Å². The molecule has 0 spiro atoms. The lowest BCUT2D eigenvalue weighted by Crippen LogP contribution is -2.48. The van der Waals surface area contributed by atoms with E-state index in [0.717, 1.165) is 44.0 Å². The standard InChI is InChI=1S/C14H19N3O3/c18-14(17-6-4-15-5-7-17)16-11-2-3-12-13(10-11)20-9-1-8-19-12/h2-3,10,15H,1,4-9H2,(H,16,18). The van der Waals surface area contributed by atoms with Crippen molar-refractivity contribution in [1.29, 1.82) is 0 Å². The monoisotopic (exact) mass is 277 g/mol. The van der Waals surface area contributed by atoms with Gasteiger partial charge < -0.3 is 25.0 Å². The van der Waals surface area contributed by atoms with E-state index in [9.17, 15) is 4.79 Å². The van der Waals surface area contributed by atoms with Crippen molar-refractivity contribution in [3.8, 4) is 11.5 Å². The number of nitrogens with one attached hydrogen (secondary N) is 2. The third-order valence-corrected chi connectivity index (χ3v) is 3.40. The van der Waals surface area contributed by atoms with Gasteiger partial charge in [-0.2, -0.15) is 0 Å². The van der Waals surface area contributed by atoms with Gasteiger partial charge in [0.25, 0.3) is 0 Å². The quantitative estimate of drug-likeness (QED) is 0.812. The second-order valence-electron chi connectivity index (χ2n) is 4.88. The van der Waals surface area contributed by atoms with Crippen molar-refractivity contribution in [2.45, 2.75) is 6.42 Å². The van der Waals surface area contributed by atoms with Crippen LogP contribution in [0.15, 0.2) is 18.2 Å². The number of ether oxygens (including phenoxy) is 2. The van der Waals surface area contributed by atoms with Crippen LogP contribution in [0.4, 0.5) is 10.5 Å². The van der Waals surface area contributed by atoms with E-state index in [-0.39, 0.29) is 6.03 Å². The Bertz CT molecular complexity index is 487. The molecule has 2 amide bonds. The first-order valence-electron chi connectivity index (χ1n) is 6.99. The minimum atomic E-state index is -0.0685. The second kappa shape index (κ2) is 6.00. The first kappa shape index (κ1) is 13.1. The highest BCUT2D eigenvalue weighted by atomic mass is 16.5. The fourth-order valence-corrected chi connectivity index (χ4v) is 2.31. The van der Waals surface area contributed by atoms with Crippen molar-refractivity contribution in [3.63, 3.8) is 0 Å². The van der Waals surface area contributed by atoms with E-state index < -0.39 is 0 Å². The fraction of sp³-hybridized carbons (Fsp3) is 0.500. The molecule has 2 N–H and O–H groups in total. The molecule has 0 saturated carbocycles. The molecule has 0 aromatic heterocycles. The van der Waals surface area contributed by atoms with Gasteiger partial charge in [-0.15, -0.1) is 0 Å².